The number of nitrogens with one attached hydrogen (secondary N) is 1. The lowest BCUT2D eigenvalue weighted by molar-refractivity contribution is 0.380. The van der Waals surface area contributed by atoms with Gasteiger partial charge in [-0.05, 0) is 30.3 Å². The normalized spacial score (nSPS) is 13.6. The van der Waals surface area contributed by atoms with E-state index in [1.54, 1.807) is 6.07 Å². The Kier molecular flexibility index (Phi) is 3.33. The molecule has 0 saturated carbocycles. The van der Waals surface area contributed by atoms with Crippen molar-refractivity contribution >= 4 is 0 Å². The SMILES string of the molecule is Fc1ccc(-c2cccc(CN3C=CNC3)n2)cc1F. The van der Waals surface area contributed by atoms with Crippen molar-refractivity contribution in [2.45, 2.75) is 6.54 Å². The van der Waals surface area contributed by atoms with E-state index >= 15 is 0 Å². The van der Waals surface area contributed by atoms with Crippen LogP contribution in [0.3, 0.4) is 0 Å². The predicted octanol–water partition coefficient (Wildman–Crippen LogP) is 2.86. The molecule has 1 N–H and O–H groups in total. The zero-order chi connectivity index (χ0) is 13.9. The van der Waals surface area contributed by atoms with Crippen molar-refractivity contribution in [2.75, 3.05) is 6.67 Å². The van der Waals surface area contributed by atoms with Gasteiger partial charge in [0.1, 0.15) is 0 Å². The van der Waals surface area contributed by atoms with Crippen LogP contribution in [0.5, 0.6) is 0 Å². The number of pyridine rings is 1. The number of rotatable bonds is 3. The first kappa shape index (κ1) is 12.6. The van der Waals surface area contributed by atoms with Gasteiger partial charge in [0.25, 0.3) is 0 Å². The van der Waals surface area contributed by atoms with E-state index in [0.717, 1.165) is 18.4 Å². The Morgan fingerprint density at radius 2 is 2.05 bits per heavy atom. The molecule has 1 aromatic carbocycles. The number of hydrogen-bond donors (Lipinski definition) is 1. The first-order chi connectivity index (χ1) is 9.72. The van der Waals surface area contributed by atoms with Gasteiger partial charge in [0.05, 0.1) is 24.6 Å². The molecule has 0 atom stereocenters. The molecule has 0 aliphatic carbocycles. The number of aromatic nitrogens is 1. The molecule has 2 aromatic rings. The molecule has 1 aliphatic heterocycles. The second kappa shape index (κ2) is 5.28. The van der Waals surface area contributed by atoms with Gasteiger partial charge in [-0.3, -0.25) is 4.98 Å². The molecular weight excluding hydrogens is 260 g/mol. The van der Waals surface area contributed by atoms with Crippen LogP contribution in [0.1, 0.15) is 5.69 Å². The van der Waals surface area contributed by atoms with Gasteiger partial charge >= 0.3 is 0 Å². The van der Waals surface area contributed by atoms with Crippen LogP contribution in [0, 0.1) is 11.6 Å². The standard InChI is InChI=1S/C15H13F2N3/c16-13-5-4-11(8-14(13)17)15-3-1-2-12(19-15)9-20-7-6-18-10-20/h1-8,18H,9-10H2. The lowest BCUT2D eigenvalue weighted by atomic mass is 10.1. The molecule has 20 heavy (non-hydrogen) atoms. The second-order valence-corrected chi connectivity index (χ2v) is 4.57. The lowest BCUT2D eigenvalue weighted by Gasteiger charge is -2.14. The summed E-state index contributed by atoms with van der Waals surface area (Å²) in [5, 5.41) is 3.08. The van der Waals surface area contributed by atoms with Crippen molar-refractivity contribution in [3.8, 4) is 11.3 Å². The lowest BCUT2D eigenvalue weighted by Crippen LogP contribution is -2.20. The molecule has 2 heterocycles. The smallest absolute Gasteiger partial charge is 0.159 e. The number of nitrogens with zero attached hydrogens (tertiary/aromatic N) is 2. The molecule has 0 spiro atoms. The summed E-state index contributed by atoms with van der Waals surface area (Å²) in [6, 6.07) is 9.38. The fourth-order valence-electron chi connectivity index (χ4n) is 2.08. The van der Waals surface area contributed by atoms with E-state index in [0.29, 0.717) is 17.8 Å². The highest BCUT2D eigenvalue weighted by atomic mass is 19.2. The van der Waals surface area contributed by atoms with Crippen LogP contribution >= 0.6 is 0 Å². The molecule has 1 aliphatic rings. The average molecular weight is 273 g/mol. The first-order valence-electron chi connectivity index (χ1n) is 6.28. The summed E-state index contributed by atoms with van der Waals surface area (Å²) in [5.41, 5.74) is 2.08. The third-order valence-electron chi connectivity index (χ3n) is 3.08. The van der Waals surface area contributed by atoms with E-state index in [1.807, 2.05) is 24.5 Å². The zero-order valence-electron chi connectivity index (χ0n) is 10.7. The fourth-order valence-corrected chi connectivity index (χ4v) is 2.08. The van der Waals surface area contributed by atoms with Crippen molar-refractivity contribution in [3.05, 3.63) is 66.1 Å². The van der Waals surface area contributed by atoms with Crippen LogP contribution in [0.25, 0.3) is 11.3 Å². The third kappa shape index (κ3) is 2.61. The van der Waals surface area contributed by atoms with Crippen LogP contribution in [0.4, 0.5) is 8.78 Å². The molecule has 102 valence electrons. The molecule has 0 amide bonds. The van der Waals surface area contributed by atoms with Crippen LogP contribution < -0.4 is 5.32 Å². The molecule has 0 fully saturated rings. The molecule has 0 bridgehead atoms. The Bertz CT molecular complexity index is 655. The van der Waals surface area contributed by atoms with Gasteiger partial charge in [-0.1, -0.05) is 6.07 Å². The van der Waals surface area contributed by atoms with Gasteiger partial charge in [-0.25, -0.2) is 8.78 Å². The summed E-state index contributed by atoms with van der Waals surface area (Å²) in [7, 11) is 0. The van der Waals surface area contributed by atoms with E-state index in [4.69, 9.17) is 0 Å². The maximum absolute atomic E-state index is 13.3. The van der Waals surface area contributed by atoms with Crippen molar-refractivity contribution in [1.82, 2.24) is 15.2 Å². The van der Waals surface area contributed by atoms with Crippen molar-refractivity contribution in [1.29, 1.82) is 0 Å². The summed E-state index contributed by atoms with van der Waals surface area (Å²) in [4.78, 5) is 6.55. The highest BCUT2D eigenvalue weighted by Gasteiger charge is 2.08. The molecule has 0 saturated heterocycles. The summed E-state index contributed by atoms with van der Waals surface area (Å²) < 4.78 is 26.2. The summed E-state index contributed by atoms with van der Waals surface area (Å²) in [6.45, 7) is 1.41. The topological polar surface area (TPSA) is 28.2 Å². The Labute approximate surface area is 115 Å². The number of halogens is 2. The predicted molar refractivity (Wildman–Crippen MR) is 72.3 cm³/mol. The minimum Gasteiger partial charge on any atom is -0.373 e. The van der Waals surface area contributed by atoms with Crippen molar-refractivity contribution in [2.24, 2.45) is 0 Å². The minimum atomic E-state index is -0.860. The van der Waals surface area contributed by atoms with Gasteiger partial charge in [-0.15, -0.1) is 0 Å². The van der Waals surface area contributed by atoms with Gasteiger partial charge in [0.2, 0.25) is 0 Å². The minimum absolute atomic E-state index is 0.570. The third-order valence-corrected chi connectivity index (χ3v) is 3.08. The zero-order valence-corrected chi connectivity index (χ0v) is 10.7. The molecule has 0 radical (unpaired) electrons. The highest BCUT2D eigenvalue weighted by molar-refractivity contribution is 5.59. The van der Waals surface area contributed by atoms with E-state index in [-0.39, 0.29) is 0 Å². The number of benzene rings is 1. The van der Waals surface area contributed by atoms with Gasteiger partial charge < -0.3 is 10.2 Å². The van der Waals surface area contributed by atoms with Crippen molar-refractivity contribution in [3.63, 3.8) is 0 Å². The first-order valence-corrected chi connectivity index (χ1v) is 6.28. The summed E-state index contributed by atoms with van der Waals surface area (Å²) in [6.07, 6.45) is 3.82. The van der Waals surface area contributed by atoms with Gasteiger partial charge in [0, 0.05) is 18.0 Å². The average Bonchev–Trinajstić information content (AvgIpc) is 2.95. The van der Waals surface area contributed by atoms with E-state index < -0.39 is 11.6 Å². The largest absolute Gasteiger partial charge is 0.373 e. The Balaban J connectivity index is 1.86. The van der Waals surface area contributed by atoms with Gasteiger partial charge in [-0.2, -0.15) is 0 Å². The molecule has 3 nitrogen and oxygen atoms in total. The molecule has 1 aromatic heterocycles. The molecule has 0 unspecified atom stereocenters. The quantitative estimate of drug-likeness (QED) is 0.932. The maximum Gasteiger partial charge on any atom is 0.159 e. The van der Waals surface area contributed by atoms with E-state index in [2.05, 4.69) is 15.2 Å². The molecular formula is C15H13F2N3. The van der Waals surface area contributed by atoms with E-state index in [9.17, 15) is 8.78 Å². The second-order valence-electron chi connectivity index (χ2n) is 4.57. The monoisotopic (exact) mass is 273 g/mol. The Morgan fingerprint density at radius 3 is 2.80 bits per heavy atom. The maximum atomic E-state index is 13.3. The molecule has 3 rings (SSSR count). The Morgan fingerprint density at radius 1 is 1.15 bits per heavy atom. The molecule has 5 heteroatoms. The van der Waals surface area contributed by atoms with Crippen LogP contribution in [-0.4, -0.2) is 16.6 Å². The number of hydrogen-bond acceptors (Lipinski definition) is 3. The summed E-state index contributed by atoms with van der Waals surface area (Å²) in [5.74, 6) is -1.71. The van der Waals surface area contributed by atoms with Crippen LogP contribution in [-0.2, 0) is 6.54 Å². The van der Waals surface area contributed by atoms with Crippen molar-refractivity contribution < 1.29 is 8.78 Å². The van der Waals surface area contributed by atoms with E-state index in [1.165, 1.54) is 12.1 Å². The summed E-state index contributed by atoms with van der Waals surface area (Å²) >= 11 is 0. The Hall–Kier alpha value is -2.43. The fraction of sp³-hybridized carbons (Fsp3) is 0.133. The highest BCUT2D eigenvalue weighted by Crippen LogP contribution is 2.20. The van der Waals surface area contributed by atoms with Gasteiger partial charge in [0.15, 0.2) is 11.6 Å². The van der Waals surface area contributed by atoms with Crippen LogP contribution in [0.2, 0.25) is 0 Å². The van der Waals surface area contributed by atoms with Crippen LogP contribution in [0.15, 0.2) is 48.8 Å².